The number of ether oxygens (including phenoxy) is 1. The van der Waals surface area contributed by atoms with E-state index in [0.717, 1.165) is 0 Å². The van der Waals surface area contributed by atoms with E-state index in [1.54, 1.807) is 0 Å². The van der Waals surface area contributed by atoms with Gasteiger partial charge in [-0.25, -0.2) is 0 Å². The van der Waals surface area contributed by atoms with E-state index in [1.165, 1.54) is 0 Å². The number of hydrogen-bond acceptors (Lipinski definition) is 1. The molecule has 4 radical (unpaired) electrons. The summed E-state index contributed by atoms with van der Waals surface area (Å²) in [4.78, 5) is 0. The van der Waals surface area contributed by atoms with Gasteiger partial charge in [-0.1, -0.05) is 0 Å². The van der Waals surface area contributed by atoms with Gasteiger partial charge in [-0.15, -0.1) is 0 Å². The van der Waals surface area contributed by atoms with Gasteiger partial charge in [0.1, 0.15) is 0 Å². The van der Waals surface area contributed by atoms with Crippen molar-refractivity contribution in [3.8, 4) is 0 Å². The van der Waals surface area contributed by atoms with Crippen LogP contribution < -0.4 is 0 Å². The minimum Gasteiger partial charge on any atom is -0.485 e. The predicted molar refractivity (Wildman–Crippen MR) is 19.6 cm³/mol. The molecule has 0 spiro atoms. The Balaban J connectivity index is 2.59. The van der Waals surface area contributed by atoms with Crippen LogP contribution in [0, 0.1) is 0 Å². The van der Waals surface area contributed by atoms with Gasteiger partial charge in [0.15, 0.2) is 15.7 Å². The average molecular weight is 61.6 g/mol. The molecule has 0 amide bonds. The first-order valence-corrected chi connectivity index (χ1v) is 1.24. The molecule has 1 rings (SSSR count). The van der Waals surface area contributed by atoms with Gasteiger partial charge in [0.25, 0.3) is 0 Å². The topological polar surface area (TPSA) is 12.5 Å². The molecule has 0 aromatic rings. The molecule has 1 aliphatic rings. The van der Waals surface area contributed by atoms with Crippen molar-refractivity contribution in [3.05, 3.63) is 11.3 Å². The second-order valence-corrected chi connectivity index (χ2v) is 0.831. The normalized spacial score (nSPS) is 18.4. The molecule has 3 heteroatoms. The Morgan fingerprint density at radius 3 is 1.40 bits per heavy atom. The van der Waals surface area contributed by atoms with E-state index in [9.17, 15) is 0 Å². The Hall–Kier alpha value is -0.330. The minimum atomic E-state index is 0.366. The van der Waals surface area contributed by atoms with Crippen molar-refractivity contribution in [1.82, 2.24) is 0 Å². The van der Waals surface area contributed by atoms with Crippen LogP contribution >= 0.6 is 0 Å². The highest BCUT2D eigenvalue weighted by atomic mass is 16.5. The predicted octanol–water partition coefficient (Wildman–Crippen LogP) is -0.520. The molecule has 0 bridgehead atoms. The van der Waals surface area contributed by atoms with Gasteiger partial charge >= 0.3 is 0 Å². The molecule has 1 aliphatic heterocycles. The zero-order chi connectivity index (χ0) is 3.86. The first kappa shape index (κ1) is 2.88. The maximum absolute atomic E-state index is 4.90. The Bertz CT molecular complexity index is 75.6. The summed E-state index contributed by atoms with van der Waals surface area (Å²) in [6.45, 7) is 0. The third-order valence-electron chi connectivity index (χ3n) is 0.421. The van der Waals surface area contributed by atoms with Crippen molar-refractivity contribution in [2.45, 2.75) is 0 Å². The molecule has 1 heterocycles. The van der Waals surface area contributed by atoms with E-state index in [1.807, 2.05) is 0 Å². The summed E-state index contributed by atoms with van der Waals surface area (Å²) in [7, 11) is 9.80. The van der Waals surface area contributed by atoms with Crippen LogP contribution in [-0.4, -0.2) is 15.7 Å². The van der Waals surface area contributed by atoms with E-state index < -0.39 is 0 Å². The maximum Gasteiger partial charge on any atom is 0.171 e. The zero-order valence-corrected chi connectivity index (χ0v) is 2.56. The lowest BCUT2D eigenvalue weighted by molar-refractivity contribution is 0.516. The van der Waals surface area contributed by atoms with E-state index in [4.69, 9.17) is 15.7 Å². The SMILES string of the molecule is [B]C1=C([B])O1. The zero-order valence-electron chi connectivity index (χ0n) is 2.56. The van der Waals surface area contributed by atoms with Crippen LogP contribution in [0.3, 0.4) is 0 Å². The lowest BCUT2D eigenvalue weighted by Gasteiger charge is -1.59. The van der Waals surface area contributed by atoms with Gasteiger partial charge in [0.05, 0.1) is 11.3 Å². The molecule has 5 heavy (non-hydrogen) atoms. The molecule has 1 nitrogen and oxygen atoms in total. The van der Waals surface area contributed by atoms with Crippen LogP contribution in [-0.2, 0) is 4.74 Å². The van der Waals surface area contributed by atoms with E-state index in [0.29, 0.717) is 11.3 Å². The first-order chi connectivity index (χ1) is 2.30. The molecule has 0 fully saturated rings. The summed E-state index contributed by atoms with van der Waals surface area (Å²) < 4.78 is 4.31. The van der Waals surface area contributed by atoms with Crippen molar-refractivity contribution in [3.63, 3.8) is 0 Å². The van der Waals surface area contributed by atoms with Gasteiger partial charge in [-0.2, -0.15) is 0 Å². The number of rotatable bonds is 0. The molecule has 0 saturated heterocycles. The summed E-state index contributed by atoms with van der Waals surface area (Å²) in [5, 5.41) is 0. The quantitative estimate of drug-likeness (QED) is 0.344. The summed E-state index contributed by atoms with van der Waals surface area (Å²) in [5.74, 6) is 0. The van der Waals surface area contributed by atoms with Crippen molar-refractivity contribution < 1.29 is 4.74 Å². The average Bonchev–Trinajstić information content (AvgIpc) is 1.79. The summed E-state index contributed by atoms with van der Waals surface area (Å²) in [6, 6.07) is 0. The van der Waals surface area contributed by atoms with Crippen LogP contribution in [0.2, 0.25) is 0 Å². The third-order valence-corrected chi connectivity index (χ3v) is 0.421. The molecular weight excluding hydrogens is 61.6 g/mol. The van der Waals surface area contributed by atoms with E-state index >= 15 is 0 Å². The summed E-state index contributed by atoms with van der Waals surface area (Å²) in [6.07, 6.45) is 0. The summed E-state index contributed by atoms with van der Waals surface area (Å²) in [5.41, 5.74) is 0.731. The van der Waals surface area contributed by atoms with Gasteiger partial charge in [0, 0.05) is 0 Å². The minimum absolute atomic E-state index is 0.366. The smallest absolute Gasteiger partial charge is 0.171 e. The monoisotopic (exact) mass is 62.0 g/mol. The Kier molecular flexibility index (Phi) is 0.339. The van der Waals surface area contributed by atoms with Crippen molar-refractivity contribution in [1.29, 1.82) is 0 Å². The van der Waals surface area contributed by atoms with Crippen LogP contribution in [0.25, 0.3) is 0 Å². The Morgan fingerprint density at radius 2 is 1.40 bits per heavy atom. The fourth-order valence-electron chi connectivity index (χ4n) is 0.0929. The lowest BCUT2D eigenvalue weighted by atomic mass is 10.0. The highest BCUT2D eigenvalue weighted by Crippen LogP contribution is 2.16. The molecule has 0 aliphatic carbocycles. The van der Waals surface area contributed by atoms with E-state index in [-0.39, 0.29) is 0 Å². The van der Waals surface area contributed by atoms with Gasteiger partial charge in [0.2, 0.25) is 0 Å². The first-order valence-electron chi connectivity index (χ1n) is 1.24. The van der Waals surface area contributed by atoms with Crippen molar-refractivity contribution in [2.24, 2.45) is 0 Å². The molecular formula is C2B2O. The second-order valence-electron chi connectivity index (χ2n) is 0.831. The summed E-state index contributed by atoms with van der Waals surface area (Å²) >= 11 is 0. The van der Waals surface area contributed by atoms with Crippen molar-refractivity contribution >= 4 is 15.7 Å². The lowest BCUT2D eigenvalue weighted by Crippen LogP contribution is -1.47. The molecule has 20 valence electrons. The Morgan fingerprint density at radius 1 is 1.20 bits per heavy atom. The highest BCUT2D eigenvalue weighted by molar-refractivity contribution is 6.33. The molecule has 0 N–H and O–H groups in total. The number of hydrogen-bond donors (Lipinski definition) is 0. The molecule has 0 saturated carbocycles. The maximum atomic E-state index is 4.90. The van der Waals surface area contributed by atoms with Gasteiger partial charge < -0.3 is 4.74 Å². The second kappa shape index (κ2) is 0.588. The third kappa shape index (κ3) is 0.318. The van der Waals surface area contributed by atoms with Crippen LogP contribution in [0.1, 0.15) is 0 Å². The molecule has 0 aromatic carbocycles. The molecule has 0 atom stereocenters. The fraction of sp³-hybridized carbons (Fsp3) is 0. The molecule has 0 aromatic heterocycles. The van der Waals surface area contributed by atoms with Crippen molar-refractivity contribution in [2.75, 3.05) is 0 Å². The highest BCUT2D eigenvalue weighted by Gasteiger charge is 2.08. The van der Waals surface area contributed by atoms with Gasteiger partial charge in [-0.3, -0.25) is 0 Å². The standard InChI is InChI=1S/C2B2O/c3-1-2(4)5-1. The van der Waals surface area contributed by atoms with Gasteiger partial charge in [-0.05, 0) is 0 Å². The largest absolute Gasteiger partial charge is 0.485 e. The van der Waals surface area contributed by atoms with Crippen LogP contribution in [0.5, 0.6) is 0 Å². The van der Waals surface area contributed by atoms with Crippen LogP contribution in [0.4, 0.5) is 0 Å². The van der Waals surface area contributed by atoms with E-state index in [2.05, 4.69) is 4.74 Å². The fourth-order valence-corrected chi connectivity index (χ4v) is 0.0929. The van der Waals surface area contributed by atoms with Crippen LogP contribution in [0.15, 0.2) is 11.3 Å². The Labute approximate surface area is 32.8 Å². The molecule has 0 unspecified atom stereocenters.